The molecule has 1 N–H and O–H groups in total. The minimum atomic E-state index is -3.59. The lowest BCUT2D eigenvalue weighted by atomic mass is 10.1. The van der Waals surface area contributed by atoms with Gasteiger partial charge in [0.05, 0.1) is 11.0 Å². The molecule has 156 valence electrons. The van der Waals surface area contributed by atoms with Crippen LogP contribution in [-0.4, -0.2) is 49.5 Å². The topological polar surface area (TPSA) is 88.6 Å². The summed E-state index contributed by atoms with van der Waals surface area (Å²) in [5, 5.41) is 0. The number of carbonyl (C=O) groups excluding carboxylic acids is 1. The van der Waals surface area contributed by atoms with E-state index in [0.29, 0.717) is 18.7 Å². The van der Waals surface area contributed by atoms with Gasteiger partial charge in [0.25, 0.3) is 5.91 Å². The molecule has 0 bridgehead atoms. The number of nitrogens with zero attached hydrogens (tertiary/aromatic N) is 2. The lowest BCUT2D eigenvalue weighted by molar-refractivity contribution is 0.0507. The number of rotatable bonds is 8. The summed E-state index contributed by atoms with van der Waals surface area (Å²) in [5.74, 6) is -0.162. The third-order valence-electron chi connectivity index (χ3n) is 4.63. The van der Waals surface area contributed by atoms with Crippen LogP contribution in [0.25, 0.3) is 0 Å². The molecular weight excluding hydrogens is 390 g/mol. The van der Waals surface area contributed by atoms with Crippen molar-refractivity contribution in [3.8, 4) is 0 Å². The Kier molecular flexibility index (Phi) is 7.00. The number of benzene rings is 1. The first-order chi connectivity index (χ1) is 13.8. The van der Waals surface area contributed by atoms with E-state index in [-0.39, 0.29) is 22.9 Å². The predicted octanol–water partition coefficient (Wildman–Crippen LogP) is 2.59. The summed E-state index contributed by atoms with van der Waals surface area (Å²) in [7, 11) is -3.59. The lowest BCUT2D eigenvalue weighted by Crippen LogP contribution is -2.37. The average molecular weight is 418 g/mol. The molecule has 0 aliphatic carbocycles. The monoisotopic (exact) mass is 417 g/mol. The van der Waals surface area contributed by atoms with Gasteiger partial charge in [-0.25, -0.2) is 13.1 Å². The smallest absolute Gasteiger partial charge is 0.254 e. The van der Waals surface area contributed by atoms with Gasteiger partial charge >= 0.3 is 0 Å². The van der Waals surface area contributed by atoms with Gasteiger partial charge in [0, 0.05) is 43.7 Å². The molecule has 7 nitrogen and oxygen atoms in total. The summed E-state index contributed by atoms with van der Waals surface area (Å²) < 4.78 is 32.9. The zero-order chi connectivity index (χ0) is 20.9. The Morgan fingerprint density at radius 2 is 2.03 bits per heavy atom. The highest BCUT2D eigenvalue weighted by atomic mass is 32.2. The molecule has 29 heavy (non-hydrogen) atoms. The highest BCUT2D eigenvalue weighted by Crippen LogP contribution is 2.18. The summed E-state index contributed by atoms with van der Waals surface area (Å²) in [6.45, 7) is 5.15. The molecule has 1 fully saturated rings. The maximum atomic E-state index is 13.2. The van der Waals surface area contributed by atoms with Crippen molar-refractivity contribution in [3.05, 3.63) is 59.9 Å². The van der Waals surface area contributed by atoms with Gasteiger partial charge < -0.3 is 9.64 Å². The van der Waals surface area contributed by atoms with E-state index in [0.717, 1.165) is 25.0 Å². The molecule has 1 aliphatic rings. The molecular formula is C21H27N3O4S. The molecule has 8 heteroatoms. The molecule has 0 saturated carbocycles. The van der Waals surface area contributed by atoms with Crippen LogP contribution in [0, 0.1) is 0 Å². The van der Waals surface area contributed by atoms with Crippen LogP contribution >= 0.6 is 0 Å². The van der Waals surface area contributed by atoms with Crippen LogP contribution in [0.1, 0.15) is 42.6 Å². The van der Waals surface area contributed by atoms with Gasteiger partial charge in [-0.2, -0.15) is 0 Å². The number of ether oxygens (including phenoxy) is 1. The summed E-state index contributed by atoms with van der Waals surface area (Å²) in [6.07, 6.45) is 5.37. The van der Waals surface area contributed by atoms with E-state index < -0.39 is 10.0 Å². The fraction of sp³-hybridized carbons (Fsp3) is 0.429. The van der Waals surface area contributed by atoms with Crippen LogP contribution in [0.15, 0.2) is 53.7 Å². The number of carbonyl (C=O) groups is 1. The zero-order valence-corrected chi connectivity index (χ0v) is 17.6. The fourth-order valence-corrected chi connectivity index (χ4v) is 4.55. The maximum absolute atomic E-state index is 13.2. The third kappa shape index (κ3) is 5.85. The third-order valence-corrected chi connectivity index (χ3v) is 6.31. The molecule has 1 aromatic carbocycles. The van der Waals surface area contributed by atoms with Crippen molar-refractivity contribution in [1.82, 2.24) is 14.6 Å². The second-order valence-corrected chi connectivity index (χ2v) is 9.20. The van der Waals surface area contributed by atoms with Gasteiger partial charge in [0.2, 0.25) is 10.0 Å². The second kappa shape index (κ2) is 9.47. The number of sulfonamides is 1. The quantitative estimate of drug-likeness (QED) is 0.713. The molecule has 2 heterocycles. The summed E-state index contributed by atoms with van der Waals surface area (Å²) in [5.41, 5.74) is 1.37. The van der Waals surface area contributed by atoms with Gasteiger partial charge in [-0.15, -0.1) is 0 Å². The number of hydrogen-bond donors (Lipinski definition) is 1. The number of aromatic nitrogens is 1. The van der Waals surface area contributed by atoms with E-state index in [1.807, 2.05) is 12.1 Å². The first-order valence-electron chi connectivity index (χ1n) is 9.77. The Bertz CT molecular complexity index is 909. The van der Waals surface area contributed by atoms with Crippen LogP contribution < -0.4 is 4.72 Å². The zero-order valence-electron chi connectivity index (χ0n) is 16.7. The summed E-state index contributed by atoms with van der Waals surface area (Å²) in [6, 6.07) is 9.61. The Morgan fingerprint density at radius 1 is 1.28 bits per heavy atom. The van der Waals surface area contributed by atoms with Crippen molar-refractivity contribution in [2.45, 2.75) is 50.3 Å². The Balaban J connectivity index is 1.79. The minimum Gasteiger partial charge on any atom is -0.376 e. The number of hydrogen-bond acceptors (Lipinski definition) is 5. The maximum Gasteiger partial charge on any atom is 0.254 e. The van der Waals surface area contributed by atoms with E-state index in [2.05, 4.69) is 9.71 Å². The van der Waals surface area contributed by atoms with Gasteiger partial charge in [0.1, 0.15) is 0 Å². The van der Waals surface area contributed by atoms with Gasteiger partial charge in [0.15, 0.2) is 0 Å². The molecule has 1 saturated heterocycles. The highest BCUT2D eigenvalue weighted by molar-refractivity contribution is 7.89. The van der Waals surface area contributed by atoms with Crippen molar-refractivity contribution in [1.29, 1.82) is 0 Å². The van der Waals surface area contributed by atoms with Crippen LogP contribution in [0.3, 0.4) is 0 Å². The van der Waals surface area contributed by atoms with E-state index in [9.17, 15) is 13.2 Å². The number of amides is 1. The van der Waals surface area contributed by atoms with Crippen LogP contribution in [0.4, 0.5) is 0 Å². The first kappa shape index (κ1) is 21.4. The Morgan fingerprint density at radius 3 is 2.62 bits per heavy atom. The van der Waals surface area contributed by atoms with E-state index >= 15 is 0 Å². The lowest BCUT2D eigenvalue weighted by Gasteiger charge is -2.25. The number of nitrogens with one attached hydrogen (secondary N) is 1. The van der Waals surface area contributed by atoms with Crippen molar-refractivity contribution >= 4 is 15.9 Å². The Hall–Kier alpha value is -2.29. The van der Waals surface area contributed by atoms with Gasteiger partial charge in [-0.1, -0.05) is 6.07 Å². The predicted molar refractivity (Wildman–Crippen MR) is 110 cm³/mol. The van der Waals surface area contributed by atoms with Crippen LogP contribution in [0.5, 0.6) is 0 Å². The summed E-state index contributed by atoms with van der Waals surface area (Å²) in [4.78, 5) is 19.2. The molecule has 1 atom stereocenters. The molecule has 1 aliphatic heterocycles. The molecule has 1 aromatic heterocycles. The van der Waals surface area contributed by atoms with Crippen molar-refractivity contribution in [3.63, 3.8) is 0 Å². The largest absolute Gasteiger partial charge is 0.376 e. The molecule has 3 rings (SSSR count). The van der Waals surface area contributed by atoms with E-state index in [1.54, 1.807) is 43.3 Å². The van der Waals surface area contributed by atoms with E-state index in [4.69, 9.17) is 4.74 Å². The molecule has 0 spiro atoms. The number of pyridine rings is 1. The van der Waals surface area contributed by atoms with Crippen LogP contribution in [-0.2, 0) is 21.3 Å². The Labute approximate surface area is 172 Å². The second-order valence-electron chi connectivity index (χ2n) is 7.48. The van der Waals surface area contributed by atoms with Gasteiger partial charge in [-0.3, -0.25) is 9.78 Å². The normalized spacial score (nSPS) is 16.9. The van der Waals surface area contributed by atoms with Crippen molar-refractivity contribution < 1.29 is 17.9 Å². The van der Waals surface area contributed by atoms with Crippen LogP contribution in [0.2, 0.25) is 0 Å². The average Bonchev–Trinajstić information content (AvgIpc) is 3.20. The SMILES string of the molecule is CC(C)NS(=O)(=O)c1ccc(C(=O)N(Cc2cccnc2)CC2CCCO2)cc1. The molecule has 1 unspecified atom stereocenters. The minimum absolute atomic E-state index is 0.0190. The summed E-state index contributed by atoms with van der Waals surface area (Å²) >= 11 is 0. The molecule has 1 amide bonds. The fourth-order valence-electron chi connectivity index (χ4n) is 3.30. The highest BCUT2D eigenvalue weighted by Gasteiger charge is 2.24. The van der Waals surface area contributed by atoms with Crippen molar-refractivity contribution in [2.75, 3.05) is 13.2 Å². The van der Waals surface area contributed by atoms with Crippen molar-refractivity contribution in [2.24, 2.45) is 0 Å². The first-order valence-corrected chi connectivity index (χ1v) is 11.3. The molecule has 2 aromatic rings. The molecule has 0 radical (unpaired) electrons. The van der Waals surface area contributed by atoms with Gasteiger partial charge in [-0.05, 0) is 62.6 Å². The van der Waals surface area contributed by atoms with E-state index in [1.165, 1.54) is 12.1 Å². The standard InChI is InChI=1S/C21H27N3O4S/c1-16(2)23-29(26,27)20-9-7-18(8-10-20)21(25)24(15-19-6-4-12-28-19)14-17-5-3-11-22-13-17/h3,5,7-11,13,16,19,23H,4,6,12,14-15H2,1-2H3.